The van der Waals surface area contributed by atoms with Crippen molar-refractivity contribution in [3.05, 3.63) is 11.6 Å². The molecule has 2 nitrogen and oxygen atoms in total. The van der Waals surface area contributed by atoms with Crippen molar-refractivity contribution >= 4 is 0 Å². The van der Waals surface area contributed by atoms with Gasteiger partial charge in [0.05, 0.1) is 12.7 Å². The van der Waals surface area contributed by atoms with Gasteiger partial charge < -0.3 is 10.1 Å². The van der Waals surface area contributed by atoms with Crippen LogP contribution in [0.25, 0.3) is 0 Å². The van der Waals surface area contributed by atoms with Crippen LogP contribution in [0.15, 0.2) is 11.6 Å². The Morgan fingerprint density at radius 1 is 1.50 bits per heavy atom. The summed E-state index contributed by atoms with van der Waals surface area (Å²) in [4.78, 5) is 0. The van der Waals surface area contributed by atoms with Gasteiger partial charge in [0.1, 0.15) is 0 Å². The van der Waals surface area contributed by atoms with Crippen LogP contribution >= 0.6 is 0 Å². The van der Waals surface area contributed by atoms with E-state index in [0.29, 0.717) is 6.10 Å². The lowest BCUT2D eigenvalue weighted by atomic mass is 10.0. The summed E-state index contributed by atoms with van der Waals surface area (Å²) in [5, 5.41) is 3.38. The van der Waals surface area contributed by atoms with E-state index in [0.717, 1.165) is 26.1 Å². The molecule has 1 N–H and O–H groups in total. The first kappa shape index (κ1) is 11.7. The second-order valence-electron chi connectivity index (χ2n) is 3.85. The van der Waals surface area contributed by atoms with E-state index in [-0.39, 0.29) is 0 Å². The Balaban J connectivity index is 2.43. The van der Waals surface area contributed by atoms with Gasteiger partial charge in [-0.2, -0.15) is 0 Å². The molecule has 0 spiro atoms. The Kier molecular flexibility index (Phi) is 5.88. The molecule has 1 heterocycles. The highest BCUT2D eigenvalue weighted by atomic mass is 16.5. The van der Waals surface area contributed by atoms with E-state index in [1.807, 2.05) is 0 Å². The van der Waals surface area contributed by atoms with Crippen LogP contribution in [-0.4, -0.2) is 25.8 Å². The van der Waals surface area contributed by atoms with Gasteiger partial charge in [0.15, 0.2) is 0 Å². The molecule has 0 saturated carbocycles. The SMILES string of the molecule is CC/C=C(\CCCC)C1CNCCO1. The lowest BCUT2D eigenvalue weighted by molar-refractivity contribution is 0.0494. The Morgan fingerprint density at radius 3 is 2.93 bits per heavy atom. The molecule has 1 rings (SSSR count). The molecule has 1 fully saturated rings. The molecule has 1 atom stereocenters. The molecule has 0 aliphatic carbocycles. The molecule has 0 radical (unpaired) electrons. The van der Waals surface area contributed by atoms with E-state index in [1.165, 1.54) is 24.8 Å². The standard InChI is InChI=1S/C12H23NO/c1-3-5-7-11(6-4-2)12-10-13-8-9-14-12/h6,12-13H,3-5,7-10H2,1-2H3/b11-6+. The topological polar surface area (TPSA) is 21.3 Å². The zero-order chi connectivity index (χ0) is 10.2. The average Bonchev–Trinajstić information content (AvgIpc) is 2.25. The number of hydrogen-bond acceptors (Lipinski definition) is 2. The minimum absolute atomic E-state index is 0.343. The van der Waals surface area contributed by atoms with Crippen molar-refractivity contribution in [3.63, 3.8) is 0 Å². The van der Waals surface area contributed by atoms with Gasteiger partial charge in [-0.25, -0.2) is 0 Å². The van der Waals surface area contributed by atoms with Crippen LogP contribution in [0, 0.1) is 0 Å². The van der Waals surface area contributed by atoms with Crippen molar-refractivity contribution in [2.75, 3.05) is 19.7 Å². The fourth-order valence-corrected chi connectivity index (χ4v) is 1.84. The summed E-state index contributed by atoms with van der Waals surface area (Å²) in [7, 11) is 0. The summed E-state index contributed by atoms with van der Waals surface area (Å²) < 4.78 is 5.76. The summed E-state index contributed by atoms with van der Waals surface area (Å²) in [5.74, 6) is 0. The second-order valence-corrected chi connectivity index (χ2v) is 3.85. The van der Waals surface area contributed by atoms with Crippen molar-refractivity contribution in [1.82, 2.24) is 5.32 Å². The van der Waals surface area contributed by atoms with Crippen LogP contribution in [0.5, 0.6) is 0 Å². The van der Waals surface area contributed by atoms with Gasteiger partial charge in [0, 0.05) is 13.1 Å². The number of hydrogen-bond donors (Lipinski definition) is 1. The van der Waals surface area contributed by atoms with Gasteiger partial charge in [-0.15, -0.1) is 0 Å². The Bertz CT molecular complexity index is 171. The molecular weight excluding hydrogens is 174 g/mol. The van der Waals surface area contributed by atoms with Gasteiger partial charge in [-0.05, 0) is 24.8 Å². The molecule has 1 aliphatic heterocycles. The largest absolute Gasteiger partial charge is 0.371 e. The van der Waals surface area contributed by atoms with Gasteiger partial charge in [-0.3, -0.25) is 0 Å². The number of ether oxygens (including phenoxy) is 1. The van der Waals surface area contributed by atoms with Crippen LogP contribution < -0.4 is 5.32 Å². The lowest BCUT2D eigenvalue weighted by Crippen LogP contribution is -2.39. The summed E-state index contributed by atoms with van der Waals surface area (Å²) in [6.07, 6.45) is 7.56. The zero-order valence-electron chi connectivity index (χ0n) is 9.51. The fourth-order valence-electron chi connectivity index (χ4n) is 1.84. The summed E-state index contributed by atoms with van der Waals surface area (Å²) in [5.41, 5.74) is 1.50. The number of unbranched alkanes of at least 4 members (excludes halogenated alkanes) is 1. The molecule has 1 unspecified atom stereocenters. The highest BCUT2D eigenvalue weighted by molar-refractivity contribution is 5.09. The third-order valence-electron chi connectivity index (χ3n) is 2.63. The predicted octanol–water partition coefficient (Wildman–Crippen LogP) is 2.50. The van der Waals surface area contributed by atoms with Gasteiger partial charge in [0.25, 0.3) is 0 Å². The molecule has 82 valence electrons. The van der Waals surface area contributed by atoms with E-state index in [2.05, 4.69) is 25.2 Å². The quantitative estimate of drug-likeness (QED) is 0.684. The summed E-state index contributed by atoms with van der Waals surface area (Å²) in [6, 6.07) is 0. The Labute approximate surface area is 87.7 Å². The van der Waals surface area contributed by atoms with E-state index >= 15 is 0 Å². The lowest BCUT2D eigenvalue weighted by Gasteiger charge is -2.26. The third kappa shape index (κ3) is 3.81. The number of morpholine rings is 1. The highest BCUT2D eigenvalue weighted by Crippen LogP contribution is 2.16. The first-order valence-electron chi connectivity index (χ1n) is 5.89. The summed E-state index contributed by atoms with van der Waals surface area (Å²) in [6.45, 7) is 7.29. The van der Waals surface area contributed by atoms with E-state index in [1.54, 1.807) is 0 Å². The summed E-state index contributed by atoms with van der Waals surface area (Å²) >= 11 is 0. The van der Waals surface area contributed by atoms with Crippen molar-refractivity contribution in [1.29, 1.82) is 0 Å². The van der Waals surface area contributed by atoms with Crippen molar-refractivity contribution in [2.24, 2.45) is 0 Å². The number of rotatable bonds is 5. The molecule has 0 aromatic heterocycles. The number of nitrogens with one attached hydrogen (secondary N) is 1. The maximum Gasteiger partial charge on any atom is 0.0909 e. The monoisotopic (exact) mass is 197 g/mol. The average molecular weight is 197 g/mol. The van der Waals surface area contributed by atoms with E-state index in [9.17, 15) is 0 Å². The predicted molar refractivity (Wildman–Crippen MR) is 60.5 cm³/mol. The molecule has 14 heavy (non-hydrogen) atoms. The highest BCUT2D eigenvalue weighted by Gasteiger charge is 2.16. The van der Waals surface area contributed by atoms with Crippen LogP contribution in [0.1, 0.15) is 39.5 Å². The van der Waals surface area contributed by atoms with Crippen molar-refractivity contribution < 1.29 is 4.74 Å². The molecular formula is C12H23NO. The maximum absolute atomic E-state index is 5.76. The molecule has 0 aromatic carbocycles. The van der Waals surface area contributed by atoms with Crippen molar-refractivity contribution in [3.8, 4) is 0 Å². The van der Waals surface area contributed by atoms with Crippen LogP contribution in [-0.2, 0) is 4.74 Å². The van der Waals surface area contributed by atoms with E-state index < -0.39 is 0 Å². The Hall–Kier alpha value is -0.340. The van der Waals surface area contributed by atoms with Crippen LogP contribution in [0.3, 0.4) is 0 Å². The molecule has 2 heteroatoms. The van der Waals surface area contributed by atoms with Crippen LogP contribution in [0.4, 0.5) is 0 Å². The molecule has 1 aliphatic rings. The Morgan fingerprint density at radius 2 is 2.36 bits per heavy atom. The van der Waals surface area contributed by atoms with Gasteiger partial charge in [-0.1, -0.05) is 26.3 Å². The van der Waals surface area contributed by atoms with Crippen LogP contribution in [0.2, 0.25) is 0 Å². The number of allylic oxidation sites excluding steroid dienone is 1. The second kappa shape index (κ2) is 7.02. The molecule has 1 saturated heterocycles. The minimum atomic E-state index is 0.343. The molecule has 0 aromatic rings. The smallest absolute Gasteiger partial charge is 0.0909 e. The zero-order valence-corrected chi connectivity index (χ0v) is 9.51. The van der Waals surface area contributed by atoms with Gasteiger partial charge in [0.2, 0.25) is 0 Å². The third-order valence-corrected chi connectivity index (χ3v) is 2.63. The van der Waals surface area contributed by atoms with Gasteiger partial charge >= 0.3 is 0 Å². The normalized spacial score (nSPS) is 23.9. The maximum atomic E-state index is 5.76. The fraction of sp³-hybridized carbons (Fsp3) is 0.833. The van der Waals surface area contributed by atoms with E-state index in [4.69, 9.17) is 4.74 Å². The van der Waals surface area contributed by atoms with Crippen molar-refractivity contribution in [2.45, 2.75) is 45.6 Å². The first-order chi connectivity index (χ1) is 6.88. The molecule has 0 amide bonds. The minimum Gasteiger partial charge on any atom is -0.371 e. The first-order valence-corrected chi connectivity index (χ1v) is 5.89. The molecule has 0 bridgehead atoms.